The number of halogens is 1. The van der Waals surface area contributed by atoms with Gasteiger partial charge >= 0.3 is 0 Å². The zero-order valence-corrected chi connectivity index (χ0v) is 20.2. The molecule has 3 aliphatic rings. The Morgan fingerprint density at radius 3 is 2.43 bits per heavy atom. The van der Waals surface area contributed by atoms with Crippen LogP contribution in [-0.2, 0) is 4.79 Å². The largest absolute Gasteiger partial charge is 0.387 e. The van der Waals surface area contributed by atoms with E-state index < -0.39 is 5.60 Å². The molecule has 1 unspecified atom stereocenters. The van der Waals surface area contributed by atoms with Crippen LogP contribution in [0.4, 0.5) is 0 Å². The Morgan fingerprint density at radius 2 is 1.82 bits per heavy atom. The number of hydrogen-bond acceptors (Lipinski definition) is 5. The molecule has 0 radical (unpaired) electrons. The summed E-state index contributed by atoms with van der Waals surface area (Å²) in [5.74, 6) is 2.98. The Bertz CT molecular complexity index is 516. The summed E-state index contributed by atoms with van der Waals surface area (Å²) in [5.41, 5.74) is -0.645. The smallest absolute Gasteiger partial charge is 0.236 e. The third kappa shape index (κ3) is 6.91. The van der Waals surface area contributed by atoms with Crippen LogP contribution in [0, 0.1) is 0 Å². The molecule has 0 spiro atoms. The molecule has 0 bridgehead atoms. The highest BCUT2D eigenvalue weighted by molar-refractivity contribution is 14.0. The second kappa shape index (κ2) is 11.8. The van der Waals surface area contributed by atoms with Crippen LogP contribution in [-0.4, -0.2) is 108 Å². The van der Waals surface area contributed by atoms with Crippen LogP contribution in [0.1, 0.15) is 32.6 Å². The van der Waals surface area contributed by atoms with Crippen molar-refractivity contribution in [3.8, 4) is 0 Å². The molecule has 28 heavy (non-hydrogen) atoms. The Hall–Kier alpha value is -0.260. The predicted molar refractivity (Wildman–Crippen MR) is 127 cm³/mol. The summed E-state index contributed by atoms with van der Waals surface area (Å²) in [6.45, 7) is 9.25. The summed E-state index contributed by atoms with van der Waals surface area (Å²) in [6.07, 6.45) is 4.37. The Morgan fingerprint density at radius 1 is 1.11 bits per heavy atom. The van der Waals surface area contributed by atoms with Crippen molar-refractivity contribution in [2.24, 2.45) is 4.99 Å². The van der Waals surface area contributed by atoms with Crippen LogP contribution in [0.2, 0.25) is 0 Å². The van der Waals surface area contributed by atoms with Gasteiger partial charge in [-0.05, 0) is 38.4 Å². The minimum absolute atomic E-state index is 0. The molecule has 0 aromatic rings. The maximum absolute atomic E-state index is 12.5. The van der Waals surface area contributed by atoms with Gasteiger partial charge in [0.2, 0.25) is 5.91 Å². The number of carbonyl (C=O) groups is 1. The Balaban J connectivity index is 0.00000280. The SMILES string of the molecule is CCNC(=NCC1(O)CCSC1)N1CCN(CC(=O)N2CCCCC2)CC1.I. The summed E-state index contributed by atoms with van der Waals surface area (Å²) >= 11 is 1.80. The number of thioether (sulfide) groups is 1. The number of piperidine rings is 1. The van der Waals surface area contributed by atoms with Crippen LogP contribution >= 0.6 is 35.7 Å². The zero-order valence-electron chi connectivity index (χ0n) is 17.1. The van der Waals surface area contributed by atoms with Gasteiger partial charge in [-0.1, -0.05) is 0 Å². The first-order valence-corrected chi connectivity index (χ1v) is 11.6. The van der Waals surface area contributed by atoms with E-state index in [1.54, 1.807) is 11.8 Å². The monoisotopic (exact) mass is 525 g/mol. The number of likely N-dealkylation sites (tertiary alicyclic amines) is 1. The lowest BCUT2D eigenvalue weighted by atomic mass is 10.0. The fourth-order valence-electron chi connectivity index (χ4n) is 3.92. The van der Waals surface area contributed by atoms with Gasteiger partial charge in [0.15, 0.2) is 5.96 Å². The lowest BCUT2D eigenvalue weighted by Gasteiger charge is -2.37. The second-order valence-corrected chi connectivity index (χ2v) is 9.01. The standard InChI is InChI=1S/C19H35N5O2S.HI/c1-2-20-18(21-15-19(26)6-13-27-16-19)24-11-9-22(10-12-24)14-17(25)23-7-4-3-5-8-23;/h26H,2-16H2,1H3,(H,20,21);1H. The maximum atomic E-state index is 12.5. The van der Waals surface area contributed by atoms with E-state index >= 15 is 0 Å². The van der Waals surface area contributed by atoms with Gasteiger partial charge in [0.05, 0.1) is 18.7 Å². The van der Waals surface area contributed by atoms with Crippen molar-refractivity contribution in [1.29, 1.82) is 0 Å². The van der Waals surface area contributed by atoms with E-state index in [0.29, 0.717) is 13.1 Å². The molecule has 7 nitrogen and oxygen atoms in total. The number of aliphatic imine (C=N–C) groups is 1. The summed E-state index contributed by atoms with van der Waals surface area (Å²) in [7, 11) is 0. The molecule has 3 rings (SSSR count). The second-order valence-electron chi connectivity index (χ2n) is 7.90. The first-order chi connectivity index (χ1) is 13.1. The molecule has 3 aliphatic heterocycles. The topological polar surface area (TPSA) is 71.4 Å². The predicted octanol–water partition coefficient (Wildman–Crippen LogP) is 1.07. The van der Waals surface area contributed by atoms with Crippen molar-refractivity contribution < 1.29 is 9.90 Å². The van der Waals surface area contributed by atoms with Gasteiger partial charge in [-0.25, -0.2) is 0 Å². The average Bonchev–Trinajstić information content (AvgIpc) is 3.13. The van der Waals surface area contributed by atoms with E-state index in [1.165, 1.54) is 6.42 Å². The number of nitrogens with one attached hydrogen (secondary N) is 1. The van der Waals surface area contributed by atoms with E-state index in [4.69, 9.17) is 4.99 Å². The van der Waals surface area contributed by atoms with Crippen molar-refractivity contribution in [2.45, 2.75) is 38.2 Å². The molecule has 3 fully saturated rings. The van der Waals surface area contributed by atoms with Crippen molar-refractivity contribution >= 4 is 47.6 Å². The van der Waals surface area contributed by atoms with E-state index in [1.807, 2.05) is 4.90 Å². The maximum Gasteiger partial charge on any atom is 0.236 e. The summed E-state index contributed by atoms with van der Waals surface area (Å²) < 4.78 is 0. The molecule has 0 aliphatic carbocycles. The summed E-state index contributed by atoms with van der Waals surface area (Å²) in [5, 5.41) is 13.9. The van der Waals surface area contributed by atoms with Crippen molar-refractivity contribution in [3.05, 3.63) is 0 Å². The molecule has 0 aromatic carbocycles. The number of aliphatic hydroxyl groups is 1. The number of carbonyl (C=O) groups excluding carboxylic acids is 1. The van der Waals surface area contributed by atoms with Crippen LogP contribution in [0.25, 0.3) is 0 Å². The van der Waals surface area contributed by atoms with Crippen LogP contribution < -0.4 is 5.32 Å². The average molecular weight is 526 g/mol. The zero-order chi connectivity index (χ0) is 19.1. The molecular weight excluding hydrogens is 489 g/mol. The highest BCUT2D eigenvalue weighted by Gasteiger charge is 2.32. The molecule has 9 heteroatoms. The third-order valence-corrected chi connectivity index (χ3v) is 6.91. The lowest BCUT2D eigenvalue weighted by molar-refractivity contribution is -0.133. The van der Waals surface area contributed by atoms with Crippen molar-refractivity contribution in [1.82, 2.24) is 20.0 Å². The Labute approximate surface area is 190 Å². The molecule has 162 valence electrons. The highest BCUT2D eigenvalue weighted by atomic mass is 127. The van der Waals surface area contributed by atoms with Crippen molar-refractivity contribution in [3.63, 3.8) is 0 Å². The van der Waals surface area contributed by atoms with E-state index in [0.717, 1.165) is 82.5 Å². The van der Waals surface area contributed by atoms with Gasteiger partial charge in [0, 0.05) is 51.6 Å². The normalized spacial score (nSPS) is 26.9. The number of piperazine rings is 1. The van der Waals surface area contributed by atoms with Crippen molar-refractivity contribution in [2.75, 3.05) is 70.4 Å². The fraction of sp³-hybridized carbons (Fsp3) is 0.895. The number of nitrogens with zero attached hydrogens (tertiary/aromatic N) is 4. The van der Waals surface area contributed by atoms with Crippen LogP contribution in [0.15, 0.2) is 4.99 Å². The minimum Gasteiger partial charge on any atom is -0.387 e. The highest BCUT2D eigenvalue weighted by Crippen LogP contribution is 2.28. The molecule has 1 amide bonds. The number of rotatable bonds is 5. The molecule has 3 heterocycles. The van der Waals surface area contributed by atoms with Gasteiger partial charge in [-0.2, -0.15) is 11.8 Å². The molecular formula is C19H36IN5O2S. The number of guanidine groups is 1. The molecule has 0 aromatic heterocycles. The first-order valence-electron chi connectivity index (χ1n) is 10.4. The molecule has 1 atom stereocenters. The van der Waals surface area contributed by atoms with Gasteiger partial charge in [-0.15, -0.1) is 24.0 Å². The van der Waals surface area contributed by atoms with Gasteiger partial charge < -0.3 is 20.2 Å². The number of hydrogen-bond donors (Lipinski definition) is 2. The first kappa shape index (κ1) is 24.0. The lowest BCUT2D eigenvalue weighted by Crippen LogP contribution is -2.54. The minimum atomic E-state index is -0.645. The van der Waals surface area contributed by atoms with E-state index in [-0.39, 0.29) is 29.9 Å². The third-order valence-electron chi connectivity index (χ3n) is 5.68. The van der Waals surface area contributed by atoms with Gasteiger partial charge in [0.1, 0.15) is 0 Å². The van der Waals surface area contributed by atoms with E-state index in [9.17, 15) is 9.90 Å². The summed E-state index contributed by atoms with van der Waals surface area (Å²) in [6, 6.07) is 0. The molecule has 0 saturated carbocycles. The number of amides is 1. The quantitative estimate of drug-likeness (QED) is 0.318. The van der Waals surface area contributed by atoms with Crippen LogP contribution in [0.5, 0.6) is 0 Å². The van der Waals surface area contributed by atoms with Crippen LogP contribution in [0.3, 0.4) is 0 Å². The molecule has 3 saturated heterocycles. The molecule has 2 N–H and O–H groups in total. The van der Waals surface area contributed by atoms with Gasteiger partial charge in [0.25, 0.3) is 0 Å². The fourth-order valence-corrected chi connectivity index (χ4v) is 5.21. The van der Waals surface area contributed by atoms with E-state index in [2.05, 4.69) is 22.0 Å². The van der Waals surface area contributed by atoms with Gasteiger partial charge in [-0.3, -0.25) is 14.7 Å². The summed E-state index contributed by atoms with van der Waals surface area (Å²) in [4.78, 5) is 23.8. The Kier molecular flexibility index (Phi) is 10.1.